The van der Waals surface area contributed by atoms with Crippen LogP contribution in [0.15, 0.2) is 42.6 Å². The SMILES string of the molecule is CC1(C)[C@@]2(C)CC[C@]1(C(=O)N1C(=O)N(C(=O)[C@@]34CC[C@@](C)(C(=O)O3)C4(C)C)[C@@](C#Cc3ccccn3)(C3CC3)c3cc(Cl)ccc31)OC2=O. The zero-order valence-electron chi connectivity index (χ0n) is 28.4. The second-order valence-electron chi connectivity index (χ2n) is 16.1. The lowest BCUT2D eigenvalue weighted by atomic mass is 9.65. The number of benzene rings is 1. The number of carbonyl (C=O) groups excluding carboxylic acids is 5. The Morgan fingerprint density at radius 2 is 1.43 bits per heavy atom. The minimum atomic E-state index is -1.70. The Balaban J connectivity index is 1.39. The van der Waals surface area contributed by atoms with Gasteiger partial charge in [0.2, 0.25) is 0 Å². The Bertz CT molecular complexity index is 1980. The number of ether oxygens (including phenoxy) is 2. The Morgan fingerprint density at radius 1 is 0.837 bits per heavy atom. The average molecular weight is 684 g/mol. The standard InChI is InChI=1S/C38H38ClN3O7/c1-32(2)34(5)16-18-37(32,48-29(34)45)27(43)41-26-13-12-23(39)21-25(26)36(22-10-11-22,15-14-24-9-7-8-20-40-24)42(31(41)47)28(44)38-19-17-35(6,30(46)49-38)33(38,3)4/h7-9,12-13,20-22H,10-11,16-19H2,1-6H3/t34-,35-,36-,37+,38+/m0/s1. The van der Waals surface area contributed by atoms with Crippen molar-refractivity contribution in [3.8, 4) is 11.8 Å². The van der Waals surface area contributed by atoms with Gasteiger partial charge >= 0.3 is 18.0 Å². The molecule has 2 saturated heterocycles. The van der Waals surface area contributed by atoms with Crippen LogP contribution in [0.1, 0.15) is 91.3 Å². The molecule has 1 aromatic carbocycles. The summed E-state index contributed by atoms with van der Waals surface area (Å²) in [5.41, 5.74) is -7.81. The van der Waals surface area contributed by atoms with Crippen molar-refractivity contribution in [1.82, 2.24) is 9.88 Å². The van der Waals surface area contributed by atoms with Gasteiger partial charge < -0.3 is 9.47 Å². The second kappa shape index (κ2) is 9.51. The molecule has 3 aliphatic heterocycles. The lowest BCUT2D eigenvalue weighted by Gasteiger charge is -2.51. The van der Waals surface area contributed by atoms with Gasteiger partial charge in [-0.25, -0.2) is 19.6 Å². The summed E-state index contributed by atoms with van der Waals surface area (Å²) < 4.78 is 12.0. The number of imide groups is 2. The van der Waals surface area contributed by atoms with E-state index in [1.54, 1.807) is 56.4 Å². The number of carbonyl (C=O) groups is 5. The van der Waals surface area contributed by atoms with E-state index in [1.807, 2.05) is 27.7 Å². The predicted octanol–water partition coefficient (Wildman–Crippen LogP) is 5.93. The van der Waals surface area contributed by atoms with Gasteiger partial charge in [0.05, 0.1) is 16.5 Å². The lowest BCUT2D eigenvalue weighted by Crippen LogP contribution is -2.70. The predicted molar refractivity (Wildman–Crippen MR) is 177 cm³/mol. The number of anilines is 1. The van der Waals surface area contributed by atoms with Crippen LogP contribution in [0, 0.1) is 39.4 Å². The number of esters is 2. The normalized spacial score (nSPS) is 36.2. The second-order valence-corrected chi connectivity index (χ2v) is 16.5. The van der Waals surface area contributed by atoms with E-state index in [0.717, 1.165) is 9.80 Å². The number of nitrogens with zero attached hydrogens (tertiary/aromatic N) is 3. The van der Waals surface area contributed by atoms with Gasteiger partial charge in [-0.05, 0) is 94.5 Å². The Labute approximate surface area is 289 Å². The third-order valence-corrected chi connectivity index (χ3v) is 14.1. The van der Waals surface area contributed by atoms with Crippen LogP contribution < -0.4 is 4.90 Å². The number of aromatic nitrogens is 1. The number of amides is 4. The quantitative estimate of drug-likeness (QED) is 0.288. The average Bonchev–Trinajstić information content (AvgIpc) is 3.82. The molecule has 4 amide bonds. The highest BCUT2D eigenvalue weighted by molar-refractivity contribution is 6.31. The van der Waals surface area contributed by atoms with Crippen molar-refractivity contribution in [3.63, 3.8) is 0 Å². The summed E-state index contributed by atoms with van der Waals surface area (Å²) in [5.74, 6) is 3.66. The third-order valence-electron chi connectivity index (χ3n) is 13.8. The van der Waals surface area contributed by atoms with Crippen molar-refractivity contribution < 1.29 is 33.4 Å². The summed E-state index contributed by atoms with van der Waals surface area (Å²) in [6.45, 7) is 10.9. The van der Waals surface area contributed by atoms with E-state index < -0.39 is 68.2 Å². The monoisotopic (exact) mass is 683 g/mol. The van der Waals surface area contributed by atoms with Gasteiger partial charge in [0.15, 0.2) is 11.2 Å². The van der Waals surface area contributed by atoms with Crippen molar-refractivity contribution in [2.24, 2.45) is 27.6 Å². The highest BCUT2D eigenvalue weighted by atomic mass is 35.5. The first-order valence-electron chi connectivity index (χ1n) is 16.9. The minimum absolute atomic E-state index is 0.197. The molecule has 1 aromatic heterocycles. The van der Waals surface area contributed by atoms with E-state index >= 15 is 14.4 Å². The molecule has 0 spiro atoms. The van der Waals surface area contributed by atoms with Crippen LogP contribution in [-0.2, 0) is 34.2 Å². The smallest absolute Gasteiger partial charge is 0.339 e. The maximum absolute atomic E-state index is 15.5. The van der Waals surface area contributed by atoms with Crippen molar-refractivity contribution in [1.29, 1.82) is 0 Å². The molecule has 11 heteroatoms. The number of hydrogen-bond acceptors (Lipinski definition) is 8. The van der Waals surface area contributed by atoms with Gasteiger partial charge in [-0.1, -0.05) is 51.3 Å². The molecule has 49 heavy (non-hydrogen) atoms. The van der Waals surface area contributed by atoms with Gasteiger partial charge in [-0.2, -0.15) is 0 Å². The summed E-state index contributed by atoms with van der Waals surface area (Å²) >= 11 is 6.69. The highest BCUT2D eigenvalue weighted by Crippen LogP contribution is 2.69. The van der Waals surface area contributed by atoms with Crippen LogP contribution >= 0.6 is 11.6 Å². The molecule has 10 nitrogen and oxygen atoms in total. The molecule has 0 N–H and O–H groups in total. The summed E-state index contributed by atoms with van der Waals surface area (Å²) in [4.78, 5) is 79.2. The van der Waals surface area contributed by atoms with E-state index in [1.165, 1.54) is 0 Å². The third kappa shape index (κ3) is 3.50. The Morgan fingerprint density at radius 3 is 1.92 bits per heavy atom. The van der Waals surface area contributed by atoms with Crippen LogP contribution in [0.4, 0.5) is 10.5 Å². The topological polar surface area (TPSA) is 123 Å². The number of halogens is 1. The summed E-state index contributed by atoms with van der Waals surface area (Å²) in [6, 6.07) is 9.18. The number of pyridine rings is 1. The maximum Gasteiger partial charge on any atom is 0.339 e. The fourth-order valence-corrected chi connectivity index (χ4v) is 9.63. The fraction of sp³-hybridized carbons (Fsp3) is 0.526. The van der Waals surface area contributed by atoms with E-state index in [0.29, 0.717) is 42.0 Å². The van der Waals surface area contributed by atoms with Gasteiger partial charge in [0.25, 0.3) is 11.8 Å². The minimum Gasteiger partial charge on any atom is -0.448 e. The summed E-state index contributed by atoms with van der Waals surface area (Å²) in [6.07, 6.45) is 4.07. The van der Waals surface area contributed by atoms with Crippen molar-refractivity contribution >= 4 is 47.1 Å². The van der Waals surface area contributed by atoms with E-state index in [9.17, 15) is 9.59 Å². The molecule has 5 fully saturated rings. The molecular weight excluding hydrogens is 646 g/mol. The van der Waals surface area contributed by atoms with Crippen LogP contribution in [0.5, 0.6) is 0 Å². The number of fused-ring (bicyclic) bond motifs is 5. The van der Waals surface area contributed by atoms with Gasteiger partial charge in [-0.3, -0.25) is 19.2 Å². The first kappa shape index (κ1) is 32.0. The molecule has 6 aliphatic rings. The van der Waals surface area contributed by atoms with Crippen LogP contribution in [0.3, 0.4) is 0 Å². The van der Waals surface area contributed by atoms with Crippen LogP contribution in [0.25, 0.3) is 0 Å². The molecule has 8 rings (SSSR count). The van der Waals surface area contributed by atoms with Crippen molar-refractivity contribution in [3.05, 3.63) is 58.9 Å². The molecule has 5 atom stereocenters. The fourth-order valence-electron chi connectivity index (χ4n) is 9.45. The summed E-state index contributed by atoms with van der Waals surface area (Å²) in [5, 5.41) is 0.316. The van der Waals surface area contributed by atoms with Crippen LogP contribution in [-0.4, -0.2) is 50.9 Å². The van der Waals surface area contributed by atoms with Gasteiger partial charge in [0, 0.05) is 27.6 Å². The zero-order chi connectivity index (χ0) is 35.2. The Hall–Kier alpha value is -4.23. The van der Waals surface area contributed by atoms with E-state index in [-0.39, 0.29) is 24.4 Å². The lowest BCUT2D eigenvalue weighted by molar-refractivity contribution is -0.175. The van der Waals surface area contributed by atoms with E-state index in [4.69, 9.17) is 21.1 Å². The molecule has 3 aliphatic carbocycles. The summed E-state index contributed by atoms with van der Waals surface area (Å²) in [7, 11) is 0. The number of hydrogen-bond donors (Lipinski definition) is 0. The zero-order valence-corrected chi connectivity index (χ0v) is 29.2. The van der Waals surface area contributed by atoms with Crippen molar-refractivity contribution in [2.45, 2.75) is 96.8 Å². The van der Waals surface area contributed by atoms with Gasteiger partial charge in [0.1, 0.15) is 11.2 Å². The number of rotatable bonds is 3. The molecular formula is C38H38ClN3O7. The van der Waals surface area contributed by atoms with E-state index in [2.05, 4.69) is 16.8 Å². The molecule has 4 heterocycles. The highest BCUT2D eigenvalue weighted by Gasteiger charge is 2.80. The van der Waals surface area contributed by atoms with Crippen molar-refractivity contribution in [2.75, 3.05) is 4.90 Å². The molecule has 254 valence electrons. The Kier molecular flexibility index (Phi) is 6.21. The first-order valence-corrected chi connectivity index (χ1v) is 17.3. The van der Waals surface area contributed by atoms with Gasteiger partial charge in [-0.15, -0.1) is 0 Å². The molecule has 0 unspecified atom stereocenters. The van der Waals surface area contributed by atoms with Crippen LogP contribution in [0.2, 0.25) is 5.02 Å². The largest absolute Gasteiger partial charge is 0.448 e. The molecule has 4 bridgehead atoms. The number of urea groups is 1. The molecule has 0 radical (unpaired) electrons. The molecule has 3 saturated carbocycles. The maximum atomic E-state index is 15.5. The first-order chi connectivity index (χ1) is 23.0. The molecule has 2 aromatic rings.